The number of halogens is 1. The van der Waals surface area contributed by atoms with Crippen LogP contribution in [0.15, 0.2) is 69.9 Å². The smallest absolute Gasteiger partial charge is 0.197 e. The number of ether oxygens (including phenoxy) is 3. The molecule has 7 nitrogen and oxygen atoms in total. The molecule has 0 aliphatic carbocycles. The third kappa shape index (κ3) is 4.38. The highest BCUT2D eigenvalue weighted by Gasteiger charge is 2.39. The van der Waals surface area contributed by atoms with Crippen molar-refractivity contribution in [3.8, 4) is 28.6 Å². The van der Waals surface area contributed by atoms with Gasteiger partial charge in [0.25, 0.3) is 0 Å². The summed E-state index contributed by atoms with van der Waals surface area (Å²) in [5.74, 6) is 1.83. The van der Waals surface area contributed by atoms with Gasteiger partial charge in [-0.3, -0.25) is 4.79 Å². The average Bonchev–Trinajstić information content (AvgIpc) is 3.35. The van der Waals surface area contributed by atoms with E-state index < -0.39 is 0 Å². The molecule has 8 heteroatoms. The van der Waals surface area contributed by atoms with E-state index in [1.54, 1.807) is 32.4 Å². The van der Waals surface area contributed by atoms with E-state index in [9.17, 15) is 9.90 Å². The van der Waals surface area contributed by atoms with E-state index in [0.29, 0.717) is 45.4 Å². The van der Waals surface area contributed by atoms with Gasteiger partial charge in [0, 0.05) is 41.4 Å². The molecule has 1 aliphatic heterocycles. The van der Waals surface area contributed by atoms with E-state index in [0.717, 1.165) is 23.4 Å². The Bertz CT molecular complexity index is 1480. The maximum absolute atomic E-state index is 13.4. The third-order valence-electron chi connectivity index (χ3n) is 7.05. The van der Waals surface area contributed by atoms with E-state index in [2.05, 4.69) is 4.90 Å². The number of methoxy groups -OCH3 is 3. The van der Waals surface area contributed by atoms with Gasteiger partial charge in [0.05, 0.1) is 39.0 Å². The maximum atomic E-state index is 13.4. The largest absolute Gasteiger partial charge is 0.497 e. The molecule has 1 aromatic heterocycles. The fraction of sp³-hybridized carbons (Fsp3) is 0.276. The molecule has 0 bridgehead atoms. The Morgan fingerprint density at radius 1 is 1.00 bits per heavy atom. The molecule has 4 aromatic rings. The van der Waals surface area contributed by atoms with Crippen LogP contribution in [0.4, 0.5) is 5.69 Å². The summed E-state index contributed by atoms with van der Waals surface area (Å²) in [6.07, 6.45) is 0.717. The zero-order valence-corrected chi connectivity index (χ0v) is 21.6. The van der Waals surface area contributed by atoms with Gasteiger partial charge in [0.1, 0.15) is 34.0 Å². The maximum Gasteiger partial charge on any atom is 0.197 e. The van der Waals surface area contributed by atoms with Crippen LogP contribution in [-0.4, -0.2) is 45.6 Å². The van der Waals surface area contributed by atoms with Gasteiger partial charge in [-0.2, -0.15) is 0 Å². The third-order valence-corrected chi connectivity index (χ3v) is 7.38. The number of rotatable bonds is 7. The van der Waals surface area contributed by atoms with Crippen molar-refractivity contribution in [3.05, 3.63) is 81.5 Å². The lowest BCUT2D eigenvalue weighted by Crippen LogP contribution is -2.35. The van der Waals surface area contributed by atoms with E-state index in [4.69, 9.17) is 30.2 Å². The van der Waals surface area contributed by atoms with Crippen LogP contribution in [0.3, 0.4) is 0 Å². The van der Waals surface area contributed by atoms with Gasteiger partial charge in [-0.25, -0.2) is 0 Å². The number of hydrogen-bond acceptors (Lipinski definition) is 7. The molecule has 1 aliphatic rings. The molecule has 0 saturated carbocycles. The van der Waals surface area contributed by atoms with Crippen LogP contribution in [0.5, 0.6) is 17.2 Å². The number of nitrogens with zero attached hydrogens (tertiary/aromatic N) is 1. The highest BCUT2D eigenvalue weighted by molar-refractivity contribution is 6.33. The molecule has 0 amide bonds. The summed E-state index contributed by atoms with van der Waals surface area (Å²) < 4.78 is 23.1. The number of aliphatic hydroxyl groups is 1. The van der Waals surface area contributed by atoms with E-state index in [-0.39, 0.29) is 24.0 Å². The van der Waals surface area contributed by atoms with Crippen molar-refractivity contribution in [3.63, 3.8) is 0 Å². The van der Waals surface area contributed by atoms with E-state index >= 15 is 0 Å². The minimum Gasteiger partial charge on any atom is -0.497 e. The summed E-state index contributed by atoms with van der Waals surface area (Å²) in [7, 11) is 4.71. The molecule has 192 valence electrons. The molecule has 37 heavy (non-hydrogen) atoms. The summed E-state index contributed by atoms with van der Waals surface area (Å²) in [6, 6.07) is 17.8. The molecule has 5 rings (SSSR count). The van der Waals surface area contributed by atoms with Gasteiger partial charge in [-0.15, -0.1) is 0 Å². The fourth-order valence-electron chi connectivity index (χ4n) is 5.28. The fourth-order valence-corrected chi connectivity index (χ4v) is 5.51. The Morgan fingerprint density at radius 2 is 1.73 bits per heavy atom. The summed E-state index contributed by atoms with van der Waals surface area (Å²) in [5.41, 5.74) is 2.43. The van der Waals surface area contributed by atoms with Gasteiger partial charge in [0.2, 0.25) is 0 Å². The Labute approximate surface area is 219 Å². The molecule has 1 N–H and O–H groups in total. The Balaban J connectivity index is 1.71. The van der Waals surface area contributed by atoms with Crippen molar-refractivity contribution in [1.82, 2.24) is 0 Å². The lowest BCUT2D eigenvalue weighted by molar-refractivity contribution is 0.255. The molecule has 0 radical (unpaired) electrons. The summed E-state index contributed by atoms with van der Waals surface area (Å²) >= 11 is 6.44. The van der Waals surface area contributed by atoms with Crippen LogP contribution in [0, 0.1) is 0 Å². The minimum absolute atomic E-state index is 0.0954. The van der Waals surface area contributed by atoms with Crippen LogP contribution < -0.4 is 24.5 Å². The van der Waals surface area contributed by atoms with E-state index in [1.165, 1.54) is 13.2 Å². The van der Waals surface area contributed by atoms with Crippen molar-refractivity contribution in [2.24, 2.45) is 0 Å². The zero-order chi connectivity index (χ0) is 26.1. The Kier molecular flexibility index (Phi) is 7.00. The van der Waals surface area contributed by atoms with Gasteiger partial charge >= 0.3 is 0 Å². The molecular formula is C29H28ClNO6. The molecule has 2 atom stereocenters. The molecule has 0 unspecified atom stereocenters. The van der Waals surface area contributed by atoms with Crippen molar-refractivity contribution >= 4 is 28.3 Å². The molecule has 1 fully saturated rings. The Hall–Kier alpha value is -3.68. The van der Waals surface area contributed by atoms with E-state index in [1.807, 2.05) is 36.4 Å². The number of aliphatic hydroxyl groups excluding tert-OH is 1. The molecular weight excluding hydrogens is 494 g/mol. The van der Waals surface area contributed by atoms with Crippen LogP contribution in [-0.2, 0) is 0 Å². The second-order valence-electron chi connectivity index (χ2n) is 8.89. The first kappa shape index (κ1) is 25.0. The normalized spacial score (nSPS) is 17.3. The van der Waals surface area contributed by atoms with Crippen molar-refractivity contribution in [2.75, 3.05) is 39.4 Å². The zero-order valence-electron chi connectivity index (χ0n) is 20.9. The minimum atomic E-state index is -0.270. The average molecular weight is 522 g/mol. The highest BCUT2D eigenvalue weighted by Crippen LogP contribution is 2.46. The van der Waals surface area contributed by atoms with Crippen LogP contribution in [0.25, 0.3) is 22.3 Å². The first-order valence-corrected chi connectivity index (χ1v) is 12.4. The lowest BCUT2D eigenvalue weighted by atomic mass is 9.89. The van der Waals surface area contributed by atoms with Crippen LogP contribution >= 0.6 is 11.6 Å². The van der Waals surface area contributed by atoms with Gasteiger partial charge in [-0.05, 0) is 42.8 Å². The summed E-state index contributed by atoms with van der Waals surface area (Å²) in [5, 5.41) is 11.3. The van der Waals surface area contributed by atoms with Gasteiger partial charge < -0.3 is 28.6 Å². The number of fused-ring (bicyclic) bond motifs is 1. The monoisotopic (exact) mass is 521 g/mol. The first-order chi connectivity index (χ1) is 18.0. The summed E-state index contributed by atoms with van der Waals surface area (Å²) in [4.78, 5) is 15.6. The predicted octanol–water partition coefficient (Wildman–Crippen LogP) is 5.49. The molecule has 1 saturated heterocycles. The second-order valence-corrected chi connectivity index (χ2v) is 9.30. The molecule has 3 aromatic carbocycles. The SMILES string of the molecule is COc1ccc(N2CC[C@@H](c3c(OC)cc(OC)c4c(=O)cc(-c5ccccc5Cl)oc34)[C@@H]2CO)cc1. The van der Waals surface area contributed by atoms with Crippen molar-refractivity contribution in [1.29, 1.82) is 0 Å². The summed E-state index contributed by atoms with van der Waals surface area (Å²) in [6.45, 7) is 0.606. The number of anilines is 1. The second kappa shape index (κ2) is 10.4. The van der Waals surface area contributed by atoms with Crippen molar-refractivity contribution in [2.45, 2.75) is 18.4 Å². The van der Waals surface area contributed by atoms with Crippen LogP contribution in [0.2, 0.25) is 5.02 Å². The predicted molar refractivity (Wildman–Crippen MR) is 145 cm³/mol. The standard InChI is InChI=1S/C29H28ClNO6/c1-34-18-10-8-17(9-11-18)31-13-12-20(22(31)16-32)27-25(35-2)15-26(36-3)28-23(33)14-24(37-29(27)28)19-6-4-5-7-21(19)30/h4-11,14-15,20,22,32H,12-13,16H2,1-3H3/t20-,22+/m1/s1. The van der Waals surface area contributed by atoms with Gasteiger partial charge in [0.15, 0.2) is 5.43 Å². The lowest BCUT2D eigenvalue weighted by Gasteiger charge is -2.29. The van der Waals surface area contributed by atoms with Crippen LogP contribution in [0.1, 0.15) is 17.9 Å². The topological polar surface area (TPSA) is 81.4 Å². The van der Waals surface area contributed by atoms with Gasteiger partial charge in [-0.1, -0.05) is 23.7 Å². The number of hydrogen-bond donors (Lipinski definition) is 1. The van der Waals surface area contributed by atoms with Crippen molar-refractivity contribution < 1.29 is 23.7 Å². The Morgan fingerprint density at radius 3 is 2.38 bits per heavy atom. The molecule has 2 heterocycles. The first-order valence-electron chi connectivity index (χ1n) is 12.0. The number of benzene rings is 3. The quantitative estimate of drug-likeness (QED) is 0.344. The highest BCUT2D eigenvalue weighted by atomic mass is 35.5. The molecule has 0 spiro atoms.